The van der Waals surface area contributed by atoms with Gasteiger partial charge >= 0.3 is 0 Å². The number of carbonyl (C=O) groups excluding carboxylic acids is 4. The summed E-state index contributed by atoms with van der Waals surface area (Å²) in [6.45, 7) is 0.180. The maximum Gasteiger partial charge on any atom is 0.255 e. The van der Waals surface area contributed by atoms with Crippen LogP contribution >= 0.6 is 0 Å². The number of hydrogen-bond acceptors (Lipinski definition) is 11. The molecule has 5 aliphatic rings. The van der Waals surface area contributed by atoms with Crippen molar-refractivity contribution in [2.45, 2.75) is 31.0 Å². The number of ketones is 2. The molecule has 0 saturated heterocycles. The fourth-order valence-electron chi connectivity index (χ4n) is 6.53. The lowest BCUT2D eigenvalue weighted by Crippen LogP contribution is -2.55. The Morgan fingerprint density at radius 2 is 2.00 bits per heavy atom. The molecule has 1 fully saturated rings. The molecule has 2 amide bonds. The van der Waals surface area contributed by atoms with Crippen LogP contribution in [0.15, 0.2) is 67.3 Å². The van der Waals surface area contributed by atoms with E-state index in [0.717, 1.165) is 0 Å². The van der Waals surface area contributed by atoms with Crippen LogP contribution in [0.1, 0.15) is 19.3 Å². The van der Waals surface area contributed by atoms with E-state index in [2.05, 4.69) is 15.5 Å². The topological polar surface area (TPSA) is 212 Å². The predicted octanol–water partition coefficient (Wildman–Crippen LogP) is -0.523. The molecule has 6 N–H and O–H groups in total. The molecular weight excluding hydrogens is 522 g/mol. The lowest BCUT2D eigenvalue weighted by molar-refractivity contribution is -0.127. The van der Waals surface area contributed by atoms with Crippen molar-refractivity contribution >= 4 is 29.6 Å². The molecule has 0 radical (unpaired) electrons. The average molecular weight is 552 g/mol. The van der Waals surface area contributed by atoms with E-state index in [1.54, 1.807) is 31.1 Å². The standard InChI is InChI=1S/C27H29N5O8/c1-32(2)16-7-13(10-30-26(38)11-3-4-29-9-11)21(34)19-15(16)6-12-5-14-8-17(33)20(25(28)37)24(36)27(14,39)23(31-40)18(12)22(19)35/h3-4,7,12,14,19,21,34,36,39H,5-6,8-10H2,1-2H3,(H2,28,37)(H,30,38)/t12-,14+,19?,21?,27+/m1/s1. The molecule has 13 nitrogen and oxygen atoms in total. The largest absolute Gasteiger partial charge is 0.508 e. The molecule has 0 aromatic rings. The zero-order valence-corrected chi connectivity index (χ0v) is 21.9. The number of aliphatic hydroxyl groups excluding tert-OH is 2. The van der Waals surface area contributed by atoms with E-state index in [-0.39, 0.29) is 43.8 Å². The number of primary amides is 1. The third-order valence-electron chi connectivity index (χ3n) is 8.44. The summed E-state index contributed by atoms with van der Waals surface area (Å²) in [5, 5.41) is 39.5. The molecule has 0 bridgehead atoms. The first-order valence-corrected chi connectivity index (χ1v) is 12.8. The van der Waals surface area contributed by atoms with Gasteiger partial charge in [-0.15, -0.1) is 4.91 Å². The van der Waals surface area contributed by atoms with Crippen LogP contribution in [0.5, 0.6) is 0 Å². The lowest BCUT2D eigenvalue weighted by Gasteiger charge is -2.48. The van der Waals surface area contributed by atoms with Gasteiger partial charge in [-0.3, -0.25) is 24.2 Å². The van der Waals surface area contributed by atoms with Gasteiger partial charge in [0.2, 0.25) is 5.91 Å². The molecule has 5 rings (SSSR count). The minimum absolute atomic E-state index is 0.0370. The lowest BCUT2D eigenvalue weighted by atomic mass is 9.57. The third-order valence-corrected chi connectivity index (χ3v) is 8.44. The van der Waals surface area contributed by atoms with Crippen molar-refractivity contribution in [3.8, 4) is 0 Å². The molecule has 40 heavy (non-hydrogen) atoms. The van der Waals surface area contributed by atoms with Crippen molar-refractivity contribution in [1.82, 2.24) is 10.2 Å². The summed E-state index contributed by atoms with van der Waals surface area (Å²) in [7, 11) is 3.54. The van der Waals surface area contributed by atoms with Gasteiger partial charge in [-0.25, -0.2) is 0 Å². The highest BCUT2D eigenvalue weighted by Crippen LogP contribution is 2.55. The van der Waals surface area contributed by atoms with Crippen LogP contribution in [0, 0.1) is 22.7 Å². The van der Waals surface area contributed by atoms with E-state index < -0.39 is 64.0 Å². The van der Waals surface area contributed by atoms with Gasteiger partial charge in [0.25, 0.3) is 5.91 Å². The highest BCUT2D eigenvalue weighted by atomic mass is 16.3. The van der Waals surface area contributed by atoms with Gasteiger partial charge in [0.05, 0.1) is 18.6 Å². The van der Waals surface area contributed by atoms with Crippen LogP contribution in [-0.2, 0) is 19.2 Å². The Labute approximate surface area is 228 Å². The SMILES string of the molecule is CN(C)C1=C2C[C@H]3C[C@H]4CC(=O)C(C(N)=O)=C(O)[C@@]4(O)C(N=O)=C3C(=O)C2C(O)C(CNC(=O)C2=CC=NC2)=C1. The minimum Gasteiger partial charge on any atom is -0.508 e. The first-order chi connectivity index (χ1) is 18.9. The van der Waals surface area contributed by atoms with Gasteiger partial charge in [0.1, 0.15) is 17.0 Å². The monoisotopic (exact) mass is 551 g/mol. The smallest absolute Gasteiger partial charge is 0.255 e. The number of hydrogen-bond donors (Lipinski definition) is 5. The van der Waals surface area contributed by atoms with Gasteiger partial charge in [-0.2, -0.15) is 0 Å². The normalized spacial score (nSPS) is 31.3. The second-order valence-corrected chi connectivity index (χ2v) is 10.8. The fraction of sp³-hybridized carbons (Fsp3) is 0.444. The van der Waals surface area contributed by atoms with Crippen LogP contribution in [0.25, 0.3) is 0 Å². The average Bonchev–Trinajstić information content (AvgIpc) is 3.43. The van der Waals surface area contributed by atoms with Gasteiger partial charge in [-0.1, -0.05) is 0 Å². The fourth-order valence-corrected chi connectivity index (χ4v) is 6.53. The van der Waals surface area contributed by atoms with E-state index >= 15 is 0 Å². The van der Waals surface area contributed by atoms with Gasteiger partial charge in [0.15, 0.2) is 17.2 Å². The Morgan fingerprint density at radius 1 is 1.27 bits per heavy atom. The number of aliphatic hydroxyl groups is 3. The van der Waals surface area contributed by atoms with Crippen LogP contribution in [0.3, 0.4) is 0 Å². The quantitative estimate of drug-likeness (QED) is 0.212. The minimum atomic E-state index is -2.56. The second-order valence-electron chi connectivity index (χ2n) is 10.8. The summed E-state index contributed by atoms with van der Waals surface area (Å²) in [5.41, 5.74) is 3.08. The van der Waals surface area contributed by atoms with E-state index in [9.17, 15) is 39.4 Å². The van der Waals surface area contributed by atoms with E-state index in [0.29, 0.717) is 22.4 Å². The number of fused-ring (bicyclic) bond motifs is 3. The van der Waals surface area contributed by atoms with Crippen LogP contribution in [0.2, 0.25) is 0 Å². The molecule has 1 saturated carbocycles. The number of rotatable bonds is 6. The number of nitroso groups, excluding NO2 is 1. The van der Waals surface area contributed by atoms with E-state index in [1.165, 1.54) is 6.21 Å². The summed E-state index contributed by atoms with van der Waals surface area (Å²) >= 11 is 0. The van der Waals surface area contributed by atoms with Crippen molar-refractivity contribution in [3.63, 3.8) is 0 Å². The molecule has 0 aromatic heterocycles. The summed E-state index contributed by atoms with van der Waals surface area (Å²) < 4.78 is 0. The molecule has 1 aliphatic heterocycles. The Hall–Kier alpha value is -4.23. The molecule has 5 atom stereocenters. The first-order valence-electron chi connectivity index (χ1n) is 12.8. The molecular formula is C27H29N5O8. The predicted molar refractivity (Wildman–Crippen MR) is 140 cm³/mol. The molecule has 1 heterocycles. The molecule has 0 aromatic carbocycles. The summed E-state index contributed by atoms with van der Waals surface area (Å²) in [6, 6.07) is 0. The second kappa shape index (κ2) is 9.75. The highest BCUT2D eigenvalue weighted by molar-refractivity contribution is 6.20. The molecule has 4 aliphatic carbocycles. The molecule has 13 heteroatoms. The molecule has 2 unspecified atom stereocenters. The Bertz CT molecular complexity index is 1450. The zero-order valence-electron chi connectivity index (χ0n) is 21.9. The van der Waals surface area contributed by atoms with Crippen molar-refractivity contribution in [1.29, 1.82) is 0 Å². The number of nitrogens with two attached hydrogens (primary N) is 1. The molecule has 210 valence electrons. The number of Topliss-reactive ketones (excluding diaryl/α,β-unsaturated/α-hetero) is 2. The van der Waals surface area contributed by atoms with Gasteiger partial charge in [-0.05, 0) is 47.2 Å². The maximum atomic E-state index is 14.1. The summed E-state index contributed by atoms with van der Waals surface area (Å²) in [4.78, 5) is 69.0. The number of amides is 2. The van der Waals surface area contributed by atoms with Crippen LogP contribution < -0.4 is 11.1 Å². The number of nitrogens with zero attached hydrogens (tertiary/aromatic N) is 3. The van der Waals surface area contributed by atoms with Crippen LogP contribution in [0.4, 0.5) is 0 Å². The Morgan fingerprint density at radius 3 is 2.60 bits per heavy atom. The van der Waals surface area contributed by atoms with E-state index in [4.69, 9.17) is 5.73 Å². The molecule has 0 spiro atoms. The van der Waals surface area contributed by atoms with Gasteiger partial charge < -0.3 is 31.3 Å². The summed E-state index contributed by atoms with van der Waals surface area (Å²) in [6.07, 6.45) is 3.33. The van der Waals surface area contributed by atoms with Crippen molar-refractivity contribution in [3.05, 3.63) is 62.1 Å². The van der Waals surface area contributed by atoms with Crippen LogP contribution in [-0.4, -0.2) is 88.7 Å². The third kappa shape index (κ3) is 3.95. The number of carbonyl (C=O) groups is 4. The van der Waals surface area contributed by atoms with Gasteiger partial charge in [0, 0.05) is 56.0 Å². The van der Waals surface area contributed by atoms with Crippen molar-refractivity contribution in [2.24, 2.45) is 33.7 Å². The van der Waals surface area contributed by atoms with Crippen molar-refractivity contribution < 1.29 is 34.5 Å². The number of allylic oxidation sites excluding steroid dienone is 3. The first kappa shape index (κ1) is 27.3. The number of nitrogens with one attached hydrogen (secondary N) is 1. The van der Waals surface area contributed by atoms with E-state index in [1.807, 2.05) is 0 Å². The number of aliphatic imine (C=N–C) groups is 1. The number of likely N-dealkylation sites (N-methyl/N-ethyl adjacent to an activating group) is 1. The maximum absolute atomic E-state index is 14.1. The van der Waals surface area contributed by atoms with Crippen molar-refractivity contribution in [2.75, 3.05) is 27.2 Å². The Balaban J connectivity index is 1.57. The Kier molecular flexibility index (Phi) is 6.66. The summed E-state index contributed by atoms with van der Waals surface area (Å²) in [5.74, 6) is -7.00. The highest BCUT2D eigenvalue weighted by Gasteiger charge is 2.60. The zero-order chi connectivity index (χ0) is 29.1.